The molecule has 1 fully saturated rings. The zero-order chi connectivity index (χ0) is 11.8. The lowest BCUT2D eigenvalue weighted by Gasteiger charge is -2.08. The summed E-state index contributed by atoms with van der Waals surface area (Å²) in [6.45, 7) is 4.21. The van der Waals surface area contributed by atoms with E-state index in [1.165, 1.54) is 0 Å². The molecule has 2 aromatic rings. The van der Waals surface area contributed by atoms with Gasteiger partial charge in [-0.3, -0.25) is 0 Å². The van der Waals surface area contributed by atoms with Crippen LogP contribution in [-0.4, -0.2) is 25.2 Å². The normalized spacial score (nSPS) is 24.4. The Balaban J connectivity index is 2.01. The maximum atomic E-state index is 5.83. The lowest BCUT2D eigenvalue weighted by molar-refractivity contribution is 0.412. The standard InChI is InChI=1S/C13H16N2O2/c1-8-6-14-7-10(8)13-15-11-4-3-9(16-2)5-12(11)17-13/h3-5,8,10,14H,6-7H2,1-2H3/t8-,10-/m1/s1. The van der Waals surface area contributed by atoms with E-state index in [-0.39, 0.29) is 0 Å². The minimum Gasteiger partial charge on any atom is -0.497 e. The topological polar surface area (TPSA) is 47.3 Å². The fraction of sp³-hybridized carbons (Fsp3) is 0.462. The van der Waals surface area contributed by atoms with Gasteiger partial charge in [0.25, 0.3) is 0 Å². The van der Waals surface area contributed by atoms with Crippen LogP contribution in [0.25, 0.3) is 11.1 Å². The molecule has 90 valence electrons. The second-order valence-corrected chi connectivity index (χ2v) is 4.63. The quantitative estimate of drug-likeness (QED) is 0.862. The lowest BCUT2D eigenvalue weighted by Crippen LogP contribution is -2.08. The molecule has 3 rings (SSSR count). The molecular formula is C13H16N2O2. The van der Waals surface area contributed by atoms with Crippen LogP contribution >= 0.6 is 0 Å². The summed E-state index contributed by atoms with van der Waals surface area (Å²) in [5.74, 6) is 2.60. The molecule has 2 atom stereocenters. The van der Waals surface area contributed by atoms with E-state index >= 15 is 0 Å². The third-order valence-electron chi connectivity index (χ3n) is 3.45. The van der Waals surface area contributed by atoms with Gasteiger partial charge < -0.3 is 14.5 Å². The molecule has 4 nitrogen and oxygen atoms in total. The monoisotopic (exact) mass is 232 g/mol. The van der Waals surface area contributed by atoms with Crippen molar-refractivity contribution >= 4 is 11.1 Å². The third-order valence-corrected chi connectivity index (χ3v) is 3.45. The van der Waals surface area contributed by atoms with Crippen LogP contribution < -0.4 is 10.1 Å². The molecule has 4 heteroatoms. The summed E-state index contributed by atoms with van der Waals surface area (Å²) in [5, 5.41) is 3.36. The molecule has 0 spiro atoms. The van der Waals surface area contributed by atoms with Crippen molar-refractivity contribution in [3.05, 3.63) is 24.1 Å². The van der Waals surface area contributed by atoms with E-state index in [2.05, 4.69) is 17.2 Å². The molecule has 2 heterocycles. The summed E-state index contributed by atoms with van der Waals surface area (Å²) in [6, 6.07) is 5.73. The smallest absolute Gasteiger partial charge is 0.200 e. The highest BCUT2D eigenvalue weighted by Crippen LogP contribution is 2.30. The summed E-state index contributed by atoms with van der Waals surface area (Å²) < 4.78 is 11.0. The number of fused-ring (bicyclic) bond motifs is 1. The van der Waals surface area contributed by atoms with Crippen LogP contribution in [0.4, 0.5) is 0 Å². The van der Waals surface area contributed by atoms with E-state index in [1.54, 1.807) is 7.11 Å². The molecule has 0 saturated carbocycles. The first-order valence-corrected chi connectivity index (χ1v) is 5.93. The summed E-state index contributed by atoms with van der Waals surface area (Å²) in [5.41, 5.74) is 1.71. The molecule has 1 saturated heterocycles. The summed E-state index contributed by atoms with van der Waals surface area (Å²) in [6.07, 6.45) is 0. The van der Waals surface area contributed by atoms with Gasteiger partial charge in [0.15, 0.2) is 11.5 Å². The minimum absolute atomic E-state index is 0.383. The predicted molar refractivity (Wildman–Crippen MR) is 65.3 cm³/mol. The number of nitrogens with one attached hydrogen (secondary N) is 1. The van der Waals surface area contributed by atoms with Crippen molar-refractivity contribution in [1.82, 2.24) is 10.3 Å². The average molecular weight is 232 g/mol. The molecule has 0 aliphatic carbocycles. The van der Waals surface area contributed by atoms with Crippen molar-refractivity contribution in [2.75, 3.05) is 20.2 Å². The van der Waals surface area contributed by atoms with Crippen molar-refractivity contribution in [2.24, 2.45) is 5.92 Å². The van der Waals surface area contributed by atoms with Crippen LogP contribution in [0.2, 0.25) is 0 Å². The molecule has 1 aliphatic heterocycles. The molecule has 1 aromatic heterocycles. The van der Waals surface area contributed by atoms with Gasteiger partial charge in [0.05, 0.1) is 13.0 Å². The molecule has 0 radical (unpaired) electrons. The number of nitrogens with zero attached hydrogens (tertiary/aromatic N) is 1. The molecule has 1 aromatic carbocycles. The highest BCUT2D eigenvalue weighted by Gasteiger charge is 2.28. The number of hydrogen-bond acceptors (Lipinski definition) is 4. The predicted octanol–water partition coefficient (Wildman–Crippen LogP) is 2.16. The zero-order valence-electron chi connectivity index (χ0n) is 10.1. The first-order valence-electron chi connectivity index (χ1n) is 5.93. The van der Waals surface area contributed by atoms with E-state index in [0.29, 0.717) is 11.8 Å². The Labute approximate surface area is 100.0 Å². The second kappa shape index (κ2) is 4.04. The Hall–Kier alpha value is -1.55. The maximum absolute atomic E-state index is 5.83. The first kappa shape index (κ1) is 10.6. The van der Waals surface area contributed by atoms with Crippen LogP contribution in [0.1, 0.15) is 18.7 Å². The highest BCUT2D eigenvalue weighted by atomic mass is 16.5. The van der Waals surface area contributed by atoms with E-state index in [9.17, 15) is 0 Å². The zero-order valence-corrected chi connectivity index (χ0v) is 10.1. The Bertz CT molecular complexity index is 535. The average Bonchev–Trinajstić information content (AvgIpc) is 2.93. The van der Waals surface area contributed by atoms with Gasteiger partial charge in [-0.15, -0.1) is 0 Å². The molecule has 1 N–H and O–H groups in total. The summed E-state index contributed by atoms with van der Waals surface area (Å²) in [4.78, 5) is 4.56. The number of benzene rings is 1. The van der Waals surface area contributed by atoms with Crippen LogP contribution in [0.5, 0.6) is 5.75 Å². The molecule has 0 unspecified atom stereocenters. The number of hydrogen-bond donors (Lipinski definition) is 1. The Morgan fingerprint density at radius 2 is 2.29 bits per heavy atom. The van der Waals surface area contributed by atoms with Crippen molar-refractivity contribution < 1.29 is 9.15 Å². The van der Waals surface area contributed by atoms with Gasteiger partial charge in [0.1, 0.15) is 11.3 Å². The first-order chi connectivity index (χ1) is 8.28. The maximum Gasteiger partial charge on any atom is 0.200 e. The van der Waals surface area contributed by atoms with E-state index in [4.69, 9.17) is 9.15 Å². The van der Waals surface area contributed by atoms with Gasteiger partial charge in [-0.05, 0) is 24.6 Å². The van der Waals surface area contributed by atoms with Crippen molar-refractivity contribution in [1.29, 1.82) is 0 Å². The van der Waals surface area contributed by atoms with E-state index in [0.717, 1.165) is 35.8 Å². The Morgan fingerprint density at radius 3 is 3.00 bits per heavy atom. The van der Waals surface area contributed by atoms with Gasteiger partial charge in [0.2, 0.25) is 0 Å². The second-order valence-electron chi connectivity index (χ2n) is 4.63. The number of oxazole rings is 1. The number of rotatable bonds is 2. The molecule has 1 aliphatic rings. The fourth-order valence-corrected chi connectivity index (χ4v) is 2.35. The van der Waals surface area contributed by atoms with Gasteiger partial charge in [-0.25, -0.2) is 4.98 Å². The molecule has 0 bridgehead atoms. The lowest BCUT2D eigenvalue weighted by atomic mass is 9.98. The molecule has 0 amide bonds. The van der Waals surface area contributed by atoms with E-state index < -0.39 is 0 Å². The SMILES string of the molecule is COc1ccc2nc([C@@H]3CNC[C@H]3C)oc2c1. The van der Waals surface area contributed by atoms with Gasteiger partial charge in [0, 0.05) is 12.6 Å². The summed E-state index contributed by atoms with van der Waals surface area (Å²) in [7, 11) is 1.65. The fourth-order valence-electron chi connectivity index (χ4n) is 2.35. The summed E-state index contributed by atoms with van der Waals surface area (Å²) >= 11 is 0. The van der Waals surface area contributed by atoms with Crippen molar-refractivity contribution in [2.45, 2.75) is 12.8 Å². The van der Waals surface area contributed by atoms with Crippen LogP contribution in [0.15, 0.2) is 22.6 Å². The van der Waals surface area contributed by atoms with Gasteiger partial charge in [-0.1, -0.05) is 6.92 Å². The number of methoxy groups -OCH3 is 1. The highest BCUT2D eigenvalue weighted by molar-refractivity contribution is 5.74. The number of ether oxygens (including phenoxy) is 1. The third kappa shape index (κ3) is 1.78. The molecular weight excluding hydrogens is 216 g/mol. The Morgan fingerprint density at radius 1 is 1.41 bits per heavy atom. The number of aromatic nitrogens is 1. The van der Waals surface area contributed by atoms with Gasteiger partial charge >= 0.3 is 0 Å². The molecule has 17 heavy (non-hydrogen) atoms. The van der Waals surface area contributed by atoms with Crippen LogP contribution in [-0.2, 0) is 0 Å². The minimum atomic E-state index is 0.383. The Kier molecular flexibility index (Phi) is 2.52. The van der Waals surface area contributed by atoms with Gasteiger partial charge in [-0.2, -0.15) is 0 Å². The van der Waals surface area contributed by atoms with Crippen molar-refractivity contribution in [3.63, 3.8) is 0 Å². The van der Waals surface area contributed by atoms with Crippen LogP contribution in [0.3, 0.4) is 0 Å². The largest absolute Gasteiger partial charge is 0.497 e. The van der Waals surface area contributed by atoms with E-state index in [1.807, 2.05) is 18.2 Å². The van der Waals surface area contributed by atoms with Crippen LogP contribution in [0, 0.1) is 5.92 Å². The van der Waals surface area contributed by atoms with Crippen molar-refractivity contribution in [3.8, 4) is 5.75 Å².